The molecule has 0 aromatic carbocycles. The van der Waals surface area contributed by atoms with E-state index in [4.69, 9.17) is 9.84 Å². The van der Waals surface area contributed by atoms with Gasteiger partial charge in [0.15, 0.2) is 0 Å². The molecule has 1 unspecified atom stereocenters. The molecule has 0 aliphatic rings. The number of hydrogen-bond donors (Lipinski definition) is 1. The number of hydrogen-bond acceptors (Lipinski definition) is 3. The lowest BCUT2D eigenvalue weighted by molar-refractivity contribution is -0.150. The molecule has 0 amide bonds. The van der Waals surface area contributed by atoms with E-state index in [1.54, 1.807) is 0 Å². The van der Waals surface area contributed by atoms with Crippen molar-refractivity contribution in [1.29, 1.82) is 0 Å². The Balaban J connectivity index is 3.97. The molecule has 0 radical (unpaired) electrons. The van der Waals surface area contributed by atoms with E-state index in [-0.39, 0.29) is 18.5 Å². The van der Waals surface area contributed by atoms with Crippen molar-refractivity contribution >= 4 is 11.9 Å². The maximum Gasteiger partial charge on any atom is 0.306 e. The molecule has 0 bridgehead atoms. The summed E-state index contributed by atoms with van der Waals surface area (Å²) in [5, 5.41) is 8.85. The first-order valence-electron chi connectivity index (χ1n) is 20.3. The Morgan fingerprint density at radius 3 is 1.33 bits per heavy atom. The number of esters is 1. The van der Waals surface area contributed by atoms with Crippen molar-refractivity contribution in [1.82, 2.24) is 0 Å². The third-order valence-electron chi connectivity index (χ3n) is 9.18. The number of allylic oxidation sites excluding steroid dienone is 4. The Labute approximate surface area is 287 Å². The van der Waals surface area contributed by atoms with Crippen LogP contribution in [0.15, 0.2) is 24.3 Å². The average Bonchev–Trinajstić information content (AvgIpc) is 3.04. The number of rotatable bonds is 37. The summed E-state index contributed by atoms with van der Waals surface area (Å²) in [6.45, 7) is 4.53. The van der Waals surface area contributed by atoms with Gasteiger partial charge in [0.05, 0.1) is 0 Å². The molecule has 0 aromatic heterocycles. The summed E-state index contributed by atoms with van der Waals surface area (Å²) in [7, 11) is 0. The van der Waals surface area contributed by atoms with Crippen molar-refractivity contribution in [3.8, 4) is 0 Å². The van der Waals surface area contributed by atoms with Gasteiger partial charge in [0.25, 0.3) is 0 Å². The van der Waals surface area contributed by atoms with Crippen LogP contribution < -0.4 is 0 Å². The van der Waals surface area contributed by atoms with Gasteiger partial charge in [-0.05, 0) is 70.6 Å². The molecular formula is C42H78O4. The molecule has 1 N–H and O–H groups in total. The number of unbranched alkanes of at least 4 members (excludes halogenated alkanes) is 24. The summed E-state index contributed by atoms with van der Waals surface area (Å²) in [6, 6.07) is 0. The zero-order chi connectivity index (χ0) is 33.6. The van der Waals surface area contributed by atoms with Crippen LogP contribution in [0.1, 0.15) is 226 Å². The number of carboxylic acid groups (broad SMARTS) is 1. The smallest absolute Gasteiger partial charge is 0.306 e. The van der Waals surface area contributed by atoms with Crippen LogP contribution >= 0.6 is 0 Å². The minimum absolute atomic E-state index is 0.0163. The highest BCUT2D eigenvalue weighted by atomic mass is 16.5. The van der Waals surface area contributed by atoms with Crippen molar-refractivity contribution in [3.05, 3.63) is 24.3 Å². The zero-order valence-electron chi connectivity index (χ0n) is 30.9. The molecule has 270 valence electrons. The highest BCUT2D eigenvalue weighted by Crippen LogP contribution is 2.19. The third kappa shape index (κ3) is 36.9. The molecule has 0 spiro atoms. The minimum Gasteiger partial charge on any atom is -0.481 e. The monoisotopic (exact) mass is 647 g/mol. The van der Waals surface area contributed by atoms with Gasteiger partial charge in [0.1, 0.15) is 6.10 Å². The molecule has 0 aliphatic heterocycles. The van der Waals surface area contributed by atoms with Gasteiger partial charge in [0.2, 0.25) is 0 Å². The van der Waals surface area contributed by atoms with Crippen LogP contribution in [0, 0.1) is 0 Å². The first-order valence-corrected chi connectivity index (χ1v) is 20.3. The molecule has 0 aromatic rings. The molecule has 0 rings (SSSR count). The normalized spacial score (nSPS) is 12.4. The van der Waals surface area contributed by atoms with E-state index in [0.717, 1.165) is 64.2 Å². The minimum atomic E-state index is -0.710. The van der Waals surface area contributed by atoms with Gasteiger partial charge in [-0.25, -0.2) is 0 Å². The molecular weight excluding hydrogens is 568 g/mol. The van der Waals surface area contributed by atoms with Crippen molar-refractivity contribution in [2.75, 3.05) is 0 Å². The summed E-state index contributed by atoms with van der Waals surface area (Å²) >= 11 is 0. The van der Waals surface area contributed by atoms with Gasteiger partial charge < -0.3 is 9.84 Å². The summed E-state index contributed by atoms with van der Waals surface area (Å²) in [5.41, 5.74) is 0. The molecule has 0 fully saturated rings. The Bertz CT molecular complexity index is 698. The SMILES string of the molecule is CCCCC/C=C\C/C=C\CCCCCCCCCC(=O)OC(CCCCCCCCCCCCCC)CCCCCCC(=O)O. The molecule has 0 aliphatic carbocycles. The zero-order valence-corrected chi connectivity index (χ0v) is 30.9. The predicted octanol–water partition coefficient (Wildman–Crippen LogP) is 14.0. The second-order valence-corrected chi connectivity index (χ2v) is 13.8. The van der Waals surface area contributed by atoms with Gasteiger partial charge in [0, 0.05) is 12.8 Å². The lowest BCUT2D eigenvalue weighted by atomic mass is 10.0. The predicted molar refractivity (Wildman–Crippen MR) is 200 cm³/mol. The lowest BCUT2D eigenvalue weighted by Gasteiger charge is -2.18. The van der Waals surface area contributed by atoms with E-state index in [1.807, 2.05) is 0 Å². The van der Waals surface area contributed by atoms with Crippen LogP contribution in [0.25, 0.3) is 0 Å². The largest absolute Gasteiger partial charge is 0.481 e. The quantitative estimate of drug-likeness (QED) is 0.0414. The maximum atomic E-state index is 12.6. The lowest BCUT2D eigenvalue weighted by Crippen LogP contribution is -2.18. The average molecular weight is 647 g/mol. The van der Waals surface area contributed by atoms with Crippen LogP contribution in [0.5, 0.6) is 0 Å². The number of carboxylic acids is 1. The maximum absolute atomic E-state index is 12.6. The second-order valence-electron chi connectivity index (χ2n) is 13.8. The molecule has 46 heavy (non-hydrogen) atoms. The van der Waals surface area contributed by atoms with E-state index in [1.165, 1.54) is 135 Å². The fraction of sp³-hybridized carbons (Fsp3) is 0.857. The fourth-order valence-corrected chi connectivity index (χ4v) is 6.16. The summed E-state index contributed by atoms with van der Waals surface area (Å²) in [5.74, 6) is -0.726. The molecule has 1 atom stereocenters. The standard InChI is InChI=1S/C42H78O4/c1-3-5-7-9-11-13-15-17-18-19-20-21-23-25-27-29-35-39-42(45)46-40(37-33-30-31-34-38-41(43)44)36-32-28-26-24-22-16-14-12-10-8-6-4-2/h11,13,17-18,40H,3-10,12,14-16,19-39H2,1-2H3,(H,43,44)/b13-11-,18-17-. The number of carbonyl (C=O) groups is 2. The van der Waals surface area contributed by atoms with Gasteiger partial charge in [-0.2, -0.15) is 0 Å². The molecule has 0 saturated carbocycles. The topological polar surface area (TPSA) is 63.6 Å². The van der Waals surface area contributed by atoms with Crippen molar-refractivity contribution in [3.63, 3.8) is 0 Å². The highest BCUT2D eigenvalue weighted by molar-refractivity contribution is 5.69. The van der Waals surface area contributed by atoms with Gasteiger partial charge in [-0.3, -0.25) is 9.59 Å². The number of ether oxygens (including phenoxy) is 1. The van der Waals surface area contributed by atoms with Crippen LogP contribution in [-0.2, 0) is 14.3 Å². The second kappa shape index (κ2) is 37.9. The van der Waals surface area contributed by atoms with E-state index in [2.05, 4.69) is 38.2 Å². The van der Waals surface area contributed by atoms with Crippen LogP contribution in [0.2, 0.25) is 0 Å². The van der Waals surface area contributed by atoms with E-state index >= 15 is 0 Å². The fourth-order valence-electron chi connectivity index (χ4n) is 6.16. The van der Waals surface area contributed by atoms with Crippen LogP contribution in [-0.4, -0.2) is 23.1 Å². The van der Waals surface area contributed by atoms with E-state index < -0.39 is 5.97 Å². The van der Waals surface area contributed by atoms with Gasteiger partial charge in [-0.15, -0.1) is 0 Å². The van der Waals surface area contributed by atoms with Crippen LogP contribution in [0.4, 0.5) is 0 Å². The summed E-state index contributed by atoms with van der Waals surface area (Å²) in [6.07, 6.45) is 47.6. The summed E-state index contributed by atoms with van der Waals surface area (Å²) in [4.78, 5) is 23.4. The van der Waals surface area contributed by atoms with E-state index in [9.17, 15) is 9.59 Å². The Morgan fingerprint density at radius 1 is 0.478 bits per heavy atom. The Hall–Kier alpha value is -1.58. The summed E-state index contributed by atoms with van der Waals surface area (Å²) < 4.78 is 5.98. The highest BCUT2D eigenvalue weighted by Gasteiger charge is 2.14. The number of carbonyl (C=O) groups excluding carboxylic acids is 1. The van der Waals surface area contributed by atoms with Crippen molar-refractivity contribution in [2.24, 2.45) is 0 Å². The molecule has 0 saturated heterocycles. The Morgan fingerprint density at radius 2 is 0.848 bits per heavy atom. The molecule has 4 heteroatoms. The van der Waals surface area contributed by atoms with Crippen molar-refractivity contribution in [2.45, 2.75) is 232 Å². The first kappa shape index (κ1) is 44.4. The van der Waals surface area contributed by atoms with Crippen LogP contribution in [0.3, 0.4) is 0 Å². The van der Waals surface area contributed by atoms with Gasteiger partial charge in [-0.1, -0.05) is 167 Å². The van der Waals surface area contributed by atoms with E-state index in [0.29, 0.717) is 6.42 Å². The molecule has 4 nitrogen and oxygen atoms in total. The van der Waals surface area contributed by atoms with Gasteiger partial charge >= 0.3 is 11.9 Å². The first-order chi connectivity index (χ1) is 22.6. The number of aliphatic carboxylic acids is 1. The third-order valence-corrected chi connectivity index (χ3v) is 9.18. The molecule has 0 heterocycles. The van der Waals surface area contributed by atoms with Crippen molar-refractivity contribution < 1.29 is 19.4 Å². The Kier molecular flexibility index (Phi) is 36.6.